The van der Waals surface area contributed by atoms with Crippen LogP contribution in [0.5, 0.6) is 0 Å². The third kappa shape index (κ3) is 25.7. The first-order valence-electron chi connectivity index (χ1n) is 5.10. The molecule has 0 aliphatic heterocycles. The van der Waals surface area contributed by atoms with Gasteiger partial charge in [-0.15, -0.1) is 0 Å². The van der Waals surface area contributed by atoms with E-state index in [1.54, 1.807) is 0 Å². The minimum atomic E-state index is -2.89. The minimum absolute atomic E-state index is 0.281. The fourth-order valence-corrected chi connectivity index (χ4v) is 5.52. The van der Waals surface area contributed by atoms with Gasteiger partial charge in [0.15, 0.2) is 0 Å². The Kier molecular flexibility index (Phi) is 12.1. The second-order valence-corrected chi connectivity index (χ2v) is 26.3. The molecule has 94 valence electrons. The van der Waals surface area contributed by atoms with Gasteiger partial charge in [-0.2, -0.15) is 0 Å². The van der Waals surface area contributed by atoms with Crippen LogP contribution in [0.2, 0.25) is 4.44 Å². The van der Waals surface area contributed by atoms with Gasteiger partial charge >= 0.3 is 66.0 Å². The topological polar surface area (TPSA) is 20.2 Å². The fourth-order valence-electron chi connectivity index (χ4n) is 0.677. The van der Waals surface area contributed by atoms with Crippen LogP contribution in [0.4, 0.5) is 0 Å². The van der Waals surface area contributed by atoms with Crippen LogP contribution in [0, 0.1) is 0 Å². The van der Waals surface area contributed by atoms with E-state index in [4.69, 9.17) is 31.9 Å². The summed E-state index contributed by atoms with van der Waals surface area (Å²) >= 11 is -2.89. The molecule has 0 aromatic heterocycles. The molecule has 0 saturated heterocycles. The third-order valence-electron chi connectivity index (χ3n) is 1.58. The third-order valence-corrected chi connectivity index (χ3v) is 8.02. The van der Waals surface area contributed by atoms with Crippen LogP contribution in [-0.2, 0) is 0 Å². The molecule has 0 aliphatic carbocycles. The smallest absolute Gasteiger partial charge is 0.101 e. The number of quaternary nitrogens is 1. The molecular formula is C9H23Cl3NOSn+. The molecule has 0 radical (unpaired) electrons. The maximum Gasteiger partial charge on any atom is 0.101 e. The van der Waals surface area contributed by atoms with Crippen molar-refractivity contribution >= 4 is 41.8 Å². The summed E-state index contributed by atoms with van der Waals surface area (Å²) in [4.78, 5) is 0. The molecule has 6 heteroatoms. The molecule has 0 heterocycles. The van der Waals surface area contributed by atoms with E-state index < -0.39 is 15.0 Å². The van der Waals surface area contributed by atoms with Crippen molar-refractivity contribution in [3.05, 3.63) is 0 Å². The predicted molar refractivity (Wildman–Crippen MR) is 73.0 cm³/mol. The molecule has 0 atom stereocenters. The standard InChI is InChI=1S/C5H14NO.C4H9.3ClH.Sn/c1-6(2,3)4-5-7;1-3-4-2;;;;/h7H,4-5H2,1-3H3;1,3-4H2,2H3;3*1H;/q+1;;;;;+3/p-3. The maximum absolute atomic E-state index is 8.39. The Bertz CT molecular complexity index is 145. The number of nitrogens with zero attached hydrogens (tertiary/aromatic N) is 1. The summed E-state index contributed by atoms with van der Waals surface area (Å²) in [5.41, 5.74) is 0. The van der Waals surface area contributed by atoms with E-state index in [1.165, 1.54) is 0 Å². The molecule has 0 fully saturated rings. The first-order chi connectivity index (χ1) is 6.62. The van der Waals surface area contributed by atoms with E-state index in [-0.39, 0.29) is 6.61 Å². The monoisotopic (exact) mass is 386 g/mol. The number of aliphatic hydroxyl groups excluding tert-OH is 1. The number of likely N-dealkylation sites (N-methyl/N-ethyl adjacent to an activating group) is 1. The van der Waals surface area contributed by atoms with Crippen LogP contribution >= 0.6 is 26.8 Å². The molecule has 0 bridgehead atoms. The van der Waals surface area contributed by atoms with Crippen LogP contribution in [-0.4, -0.2) is 58.9 Å². The van der Waals surface area contributed by atoms with Gasteiger partial charge in [0.1, 0.15) is 6.54 Å². The Morgan fingerprint density at radius 3 is 1.67 bits per heavy atom. The molecule has 1 N–H and O–H groups in total. The first-order valence-corrected chi connectivity index (χ1v) is 18.0. The average molecular weight is 386 g/mol. The number of hydrogen-bond donors (Lipinski definition) is 1. The Hall–Kier alpha value is 1.59. The van der Waals surface area contributed by atoms with Gasteiger partial charge in [0.2, 0.25) is 0 Å². The quantitative estimate of drug-likeness (QED) is 0.569. The molecule has 0 rings (SSSR count). The summed E-state index contributed by atoms with van der Waals surface area (Å²) in [6.45, 7) is 3.21. The zero-order valence-corrected chi connectivity index (χ0v) is 15.2. The predicted octanol–water partition coefficient (Wildman–Crippen LogP) is 3.13. The van der Waals surface area contributed by atoms with Gasteiger partial charge in [0, 0.05) is 0 Å². The number of rotatable bonds is 5. The second kappa shape index (κ2) is 9.60. The summed E-state index contributed by atoms with van der Waals surface area (Å²) in [7, 11) is 23.1. The molecule has 15 heavy (non-hydrogen) atoms. The summed E-state index contributed by atoms with van der Waals surface area (Å²) in [5.74, 6) is 0. The van der Waals surface area contributed by atoms with Crippen molar-refractivity contribution in [3.8, 4) is 0 Å². The van der Waals surface area contributed by atoms with Gasteiger partial charge in [0.25, 0.3) is 0 Å². The summed E-state index contributed by atoms with van der Waals surface area (Å²) in [6.07, 6.45) is 2.21. The average Bonchev–Trinajstić information content (AvgIpc) is 1.98. The molecule has 0 spiro atoms. The largest absolute Gasteiger partial charge is 0.391 e. The van der Waals surface area contributed by atoms with Gasteiger partial charge in [-0.1, -0.05) is 0 Å². The van der Waals surface area contributed by atoms with Gasteiger partial charge < -0.3 is 9.59 Å². The molecule has 0 aromatic carbocycles. The van der Waals surface area contributed by atoms with Crippen molar-refractivity contribution in [3.63, 3.8) is 0 Å². The normalized spacial score (nSPS) is 12.0. The number of aliphatic hydroxyl groups is 1. The number of unbranched alkanes of at least 4 members (excludes halogenated alkanes) is 1. The summed E-state index contributed by atoms with van der Waals surface area (Å²) in [5, 5.41) is 8.39. The maximum atomic E-state index is 8.39. The molecule has 0 aliphatic rings. The Morgan fingerprint density at radius 1 is 1.13 bits per heavy atom. The number of hydrogen-bond acceptors (Lipinski definition) is 1. The van der Waals surface area contributed by atoms with Crippen molar-refractivity contribution < 1.29 is 9.59 Å². The van der Waals surface area contributed by atoms with Crippen molar-refractivity contribution in [1.29, 1.82) is 0 Å². The van der Waals surface area contributed by atoms with E-state index in [1.807, 2.05) is 0 Å². The van der Waals surface area contributed by atoms with E-state index in [2.05, 4.69) is 28.1 Å². The Morgan fingerprint density at radius 2 is 1.60 bits per heavy atom. The van der Waals surface area contributed by atoms with Crippen molar-refractivity contribution in [2.24, 2.45) is 0 Å². The van der Waals surface area contributed by atoms with Crippen LogP contribution < -0.4 is 0 Å². The van der Waals surface area contributed by atoms with Crippen LogP contribution in [0.3, 0.4) is 0 Å². The Balaban J connectivity index is 0. The fraction of sp³-hybridized carbons (Fsp3) is 1.00. The minimum Gasteiger partial charge on any atom is -0.391 e. The molecular weight excluding hydrogens is 363 g/mol. The molecule has 0 amide bonds. The molecule has 0 saturated carbocycles. The first kappa shape index (κ1) is 18.9. The van der Waals surface area contributed by atoms with E-state index in [9.17, 15) is 0 Å². The van der Waals surface area contributed by atoms with Crippen molar-refractivity contribution in [2.45, 2.75) is 24.2 Å². The van der Waals surface area contributed by atoms with Crippen molar-refractivity contribution in [2.75, 3.05) is 34.3 Å². The molecule has 0 aromatic rings. The second-order valence-electron chi connectivity index (χ2n) is 4.46. The van der Waals surface area contributed by atoms with E-state index in [0.717, 1.165) is 28.3 Å². The van der Waals surface area contributed by atoms with Crippen LogP contribution in [0.15, 0.2) is 0 Å². The molecule has 0 unspecified atom stereocenters. The van der Waals surface area contributed by atoms with E-state index >= 15 is 0 Å². The molecule has 2 nitrogen and oxygen atoms in total. The van der Waals surface area contributed by atoms with E-state index in [0.29, 0.717) is 0 Å². The number of halogens is 3. The zero-order chi connectivity index (χ0) is 12.5. The zero-order valence-electron chi connectivity index (χ0n) is 10.1. The summed E-state index contributed by atoms with van der Waals surface area (Å²) in [6, 6.07) is 0. The Labute approximate surface area is 109 Å². The SMILES string of the molecule is CCC[CH2][Sn]([Cl])([Cl])[Cl].C[N+](C)(C)CCO. The van der Waals surface area contributed by atoms with Gasteiger partial charge in [0.05, 0.1) is 27.7 Å². The van der Waals surface area contributed by atoms with Crippen LogP contribution in [0.25, 0.3) is 0 Å². The van der Waals surface area contributed by atoms with Crippen LogP contribution in [0.1, 0.15) is 19.8 Å². The summed E-state index contributed by atoms with van der Waals surface area (Å²) < 4.78 is 1.71. The van der Waals surface area contributed by atoms with Gasteiger partial charge in [-0.25, -0.2) is 0 Å². The van der Waals surface area contributed by atoms with Gasteiger partial charge in [-0.05, 0) is 0 Å². The van der Waals surface area contributed by atoms with Crippen molar-refractivity contribution in [1.82, 2.24) is 0 Å². The van der Waals surface area contributed by atoms with Gasteiger partial charge in [-0.3, -0.25) is 0 Å².